The van der Waals surface area contributed by atoms with E-state index in [1.165, 1.54) is 26.2 Å². The van der Waals surface area contributed by atoms with E-state index in [-0.39, 0.29) is 131 Å². The highest BCUT2D eigenvalue weighted by atomic mass is 19.4. The van der Waals surface area contributed by atoms with Gasteiger partial charge in [0, 0.05) is 109 Å². The van der Waals surface area contributed by atoms with Gasteiger partial charge in [-0.2, -0.15) is 18.2 Å². The van der Waals surface area contributed by atoms with Crippen molar-refractivity contribution in [2.75, 3.05) is 77.8 Å². The fourth-order valence-corrected chi connectivity index (χ4v) is 13.4. The number of carbonyl (C=O) groups is 6. The second-order valence-electron chi connectivity index (χ2n) is 25.1. The Bertz CT molecular complexity index is 2930. The number of anilines is 3. The van der Waals surface area contributed by atoms with Crippen LogP contribution in [0.25, 0.3) is 0 Å². The van der Waals surface area contributed by atoms with Gasteiger partial charge in [-0.05, 0) is 115 Å². The molecule has 1 aliphatic carbocycles. The number of hydrogen-bond acceptors (Lipinski definition) is 19. The number of methoxy groups -OCH3 is 3. The summed E-state index contributed by atoms with van der Waals surface area (Å²) in [5, 5.41) is 50.3. The summed E-state index contributed by atoms with van der Waals surface area (Å²) in [6.45, 7) is 10.6. The summed E-state index contributed by atoms with van der Waals surface area (Å²) >= 11 is 0. The lowest BCUT2D eigenvalue weighted by molar-refractivity contribution is -0.302. The van der Waals surface area contributed by atoms with Crippen LogP contribution < -0.4 is 15.4 Å². The van der Waals surface area contributed by atoms with Crippen LogP contribution in [0.3, 0.4) is 0 Å². The summed E-state index contributed by atoms with van der Waals surface area (Å²) in [7, 11) is 4.22. The van der Waals surface area contributed by atoms with Crippen LogP contribution >= 0.6 is 0 Å². The van der Waals surface area contributed by atoms with E-state index in [4.69, 9.17) is 23.7 Å². The summed E-state index contributed by atoms with van der Waals surface area (Å²) < 4.78 is 86.5. The molecule has 22 nitrogen and oxygen atoms in total. The molecule has 2 bridgehead atoms. The second-order valence-corrected chi connectivity index (χ2v) is 25.1. The number of aliphatic hydroxyl groups is 4. The number of piperazine rings is 1. The molecular formula is C64H91F4N7O15. The minimum atomic E-state index is -4.74. The summed E-state index contributed by atoms with van der Waals surface area (Å²) in [5.41, 5.74) is -0.159. The van der Waals surface area contributed by atoms with E-state index in [1.807, 2.05) is 26.0 Å². The highest BCUT2D eigenvalue weighted by Gasteiger charge is 2.57. The number of nitrogens with zero attached hydrogens (tertiary/aromatic N) is 5. The van der Waals surface area contributed by atoms with Crippen molar-refractivity contribution in [1.29, 1.82) is 0 Å². The molecule has 4 aliphatic heterocycles. The van der Waals surface area contributed by atoms with E-state index in [0.717, 1.165) is 22.6 Å². The largest absolute Gasteiger partial charge is 0.495 e. The number of aliphatic hydroxyl groups excluding tert-OH is 3. The van der Waals surface area contributed by atoms with Crippen LogP contribution in [0.1, 0.15) is 141 Å². The Morgan fingerprint density at radius 1 is 0.911 bits per heavy atom. The summed E-state index contributed by atoms with van der Waals surface area (Å²) in [5.74, 6) is -12.2. The highest BCUT2D eigenvalue weighted by molar-refractivity contribution is 6.39. The number of aromatic nitrogens is 2. The Hall–Kier alpha value is -6.16. The van der Waals surface area contributed by atoms with Crippen molar-refractivity contribution in [2.45, 2.75) is 180 Å². The molecule has 500 valence electrons. The number of Topliss-reactive ketones (excluding diaryl/α,β-unsaturated/α-hetero) is 2. The zero-order valence-electron chi connectivity index (χ0n) is 53.1. The van der Waals surface area contributed by atoms with Gasteiger partial charge in [0.2, 0.25) is 17.6 Å². The molecule has 90 heavy (non-hydrogen) atoms. The molecule has 0 radical (unpaired) electrons. The fraction of sp³-hybridized carbons (Fsp3) is 0.688. The van der Waals surface area contributed by atoms with E-state index in [0.29, 0.717) is 56.7 Å². The summed E-state index contributed by atoms with van der Waals surface area (Å²) in [4.78, 5) is 97.9. The number of ketones is 2. The summed E-state index contributed by atoms with van der Waals surface area (Å²) in [6.07, 6.45) is -2.64. The SMILES string of the molecule is CCNc1nc(Nc2cc(F)c(C(=O)N3CCN(C(=O)CCC[C@@H]4/C=C(\C)C[C@H](C)C[C@H](OC)[C@H]5O[C@@](O)(C(=O)C(=O)N6CCCC[C@H]6C(=O)O[C@H](/C(C)=C/[C@@H]6CC[C@@H](O)[C@H](CO)C6)[C@H](C)[C@@H](O)CC4=O)[C@H](C)C[C@@H]5OC)CC3)cc2OC)ncc1C(F)(F)F. The van der Waals surface area contributed by atoms with E-state index in [2.05, 4.69) is 20.6 Å². The monoisotopic (exact) mass is 1270 g/mol. The van der Waals surface area contributed by atoms with Gasteiger partial charge in [0.15, 0.2) is 0 Å². The highest BCUT2D eigenvalue weighted by Crippen LogP contribution is 2.41. The molecule has 3 amide bonds. The van der Waals surface area contributed by atoms with Crippen molar-refractivity contribution >= 4 is 52.7 Å². The molecule has 2 aromatic rings. The van der Waals surface area contributed by atoms with Crippen LogP contribution in [0.5, 0.6) is 5.75 Å². The van der Waals surface area contributed by atoms with Crippen LogP contribution in [-0.2, 0) is 49.1 Å². The molecule has 1 aromatic carbocycles. The minimum Gasteiger partial charge on any atom is -0.495 e. The topological polar surface area (TPSA) is 289 Å². The van der Waals surface area contributed by atoms with E-state index >= 15 is 4.39 Å². The zero-order valence-corrected chi connectivity index (χ0v) is 53.1. The van der Waals surface area contributed by atoms with Gasteiger partial charge in [-0.1, -0.05) is 38.5 Å². The van der Waals surface area contributed by atoms with Crippen molar-refractivity contribution in [3.8, 4) is 5.75 Å². The molecule has 0 spiro atoms. The van der Waals surface area contributed by atoms with E-state index < -0.39 is 119 Å². The molecule has 7 rings (SSSR count). The Balaban J connectivity index is 1.09. The number of cyclic esters (lactones) is 1. The minimum absolute atomic E-state index is 0.000245. The first-order valence-electron chi connectivity index (χ1n) is 31.4. The molecule has 26 heteroatoms. The lowest BCUT2D eigenvalue weighted by atomic mass is 9.78. The van der Waals surface area contributed by atoms with Gasteiger partial charge in [0.25, 0.3) is 17.6 Å². The first-order valence-corrected chi connectivity index (χ1v) is 31.4. The second kappa shape index (κ2) is 31.4. The number of allylic oxidation sites excluding steroid dienone is 3. The maximum atomic E-state index is 15.8. The first kappa shape index (κ1) is 71.3. The molecular weight excluding hydrogens is 1180 g/mol. The standard InChI is InChI=1S/C64H91F4N7O15/c1-10-69-58-44(64(66,67)68)33-70-62(72-58)71-46-31-45(65)43(30-51(46)86-7)59(82)74-22-20-73(21-23-74)54(80)16-13-14-41-25-35(2)24-36(3)26-52(87-8)56-53(88-9)28-38(5)63(85,90-56)57(81)60(83)75-19-12-11-15-47(75)61(84)89-55(39(6)49(78)32-50(41)79)37(4)27-40-17-18-48(77)42(29-40)34-76/h25,27,30-31,33,36,38-42,47-49,52-53,55-56,76-78,85H,10-24,26,28-29,32,34H2,1-9H3,(H2,69,70,71,72)/b35-25+,37-27+/t36-,38+,39+,40-,41+,42-,47-,48+,49-,52-,53-,55+,56+,63+/m0/s1. The lowest BCUT2D eigenvalue weighted by Gasteiger charge is -2.47. The Kier molecular flexibility index (Phi) is 24.9. The predicted octanol–water partition coefficient (Wildman–Crippen LogP) is 6.94. The number of carbonyl (C=O) groups excluding carboxylic acids is 6. The van der Waals surface area contributed by atoms with E-state index in [9.17, 15) is 62.4 Å². The molecule has 1 saturated carbocycles. The maximum absolute atomic E-state index is 15.8. The average molecular weight is 1270 g/mol. The van der Waals surface area contributed by atoms with Crippen molar-refractivity contribution in [3.05, 3.63) is 58.6 Å². The Labute approximate surface area is 523 Å². The van der Waals surface area contributed by atoms with Crippen molar-refractivity contribution in [3.63, 3.8) is 0 Å². The molecule has 0 unspecified atom stereocenters. The average Bonchev–Trinajstić information content (AvgIpc) is 0.791. The molecule has 14 atom stereocenters. The molecule has 5 aliphatic rings. The van der Waals surface area contributed by atoms with Crippen LogP contribution in [0, 0.1) is 41.3 Å². The molecule has 4 fully saturated rings. The number of esters is 1. The van der Waals surface area contributed by atoms with Gasteiger partial charge < -0.3 is 69.4 Å². The number of rotatable bonds is 15. The van der Waals surface area contributed by atoms with Gasteiger partial charge in [0.1, 0.15) is 47.0 Å². The number of halogens is 4. The number of piperidine rings is 1. The van der Waals surface area contributed by atoms with Crippen LogP contribution in [0.4, 0.5) is 35.0 Å². The third-order valence-corrected chi connectivity index (χ3v) is 18.6. The van der Waals surface area contributed by atoms with Gasteiger partial charge in [0.05, 0.1) is 42.8 Å². The quantitative estimate of drug-likeness (QED) is 0.0455. The normalized spacial score (nSPS) is 31.4. The zero-order chi connectivity index (χ0) is 65.9. The van der Waals surface area contributed by atoms with Crippen LogP contribution in [-0.4, -0.2) is 196 Å². The van der Waals surface area contributed by atoms with E-state index in [1.54, 1.807) is 32.6 Å². The Morgan fingerprint density at radius 3 is 2.26 bits per heavy atom. The number of amides is 3. The lowest BCUT2D eigenvalue weighted by Crippen LogP contribution is -2.64. The molecule has 5 heterocycles. The third-order valence-electron chi connectivity index (χ3n) is 18.6. The summed E-state index contributed by atoms with van der Waals surface area (Å²) in [6, 6.07) is 0.850. The van der Waals surface area contributed by atoms with Gasteiger partial charge in [-0.15, -0.1) is 0 Å². The van der Waals surface area contributed by atoms with Gasteiger partial charge >= 0.3 is 12.1 Å². The van der Waals surface area contributed by atoms with Gasteiger partial charge in [-0.3, -0.25) is 24.0 Å². The number of hydrogen-bond donors (Lipinski definition) is 6. The van der Waals surface area contributed by atoms with Crippen LogP contribution in [0.15, 0.2) is 41.6 Å². The fourth-order valence-electron chi connectivity index (χ4n) is 13.4. The molecule has 6 N–H and O–H groups in total. The predicted molar refractivity (Wildman–Crippen MR) is 321 cm³/mol. The molecule has 3 saturated heterocycles. The van der Waals surface area contributed by atoms with Crippen molar-refractivity contribution < 1.29 is 90.4 Å². The number of alkyl halides is 3. The maximum Gasteiger partial charge on any atom is 0.421 e. The first-order chi connectivity index (χ1) is 42.7. The van der Waals surface area contributed by atoms with Crippen molar-refractivity contribution in [1.82, 2.24) is 24.7 Å². The van der Waals surface area contributed by atoms with Gasteiger partial charge in [-0.25, -0.2) is 14.2 Å². The van der Waals surface area contributed by atoms with Crippen molar-refractivity contribution in [2.24, 2.45) is 35.5 Å². The number of ether oxygens (including phenoxy) is 5. The molecule has 1 aromatic heterocycles. The number of fused-ring (bicyclic) bond motifs is 3. The van der Waals surface area contributed by atoms with Crippen LogP contribution in [0.2, 0.25) is 0 Å². The smallest absolute Gasteiger partial charge is 0.421 e. The number of nitrogens with one attached hydrogen (secondary N) is 2. The Morgan fingerprint density at radius 2 is 1.60 bits per heavy atom. The third kappa shape index (κ3) is 17.1. The number of benzene rings is 1.